The predicted octanol–water partition coefficient (Wildman–Crippen LogP) is 4.97. The van der Waals surface area contributed by atoms with Crippen molar-refractivity contribution in [3.8, 4) is 5.75 Å². The molecule has 0 bridgehead atoms. The first kappa shape index (κ1) is 15.6. The largest absolute Gasteiger partial charge is 0.485 e. The zero-order valence-corrected chi connectivity index (χ0v) is 14.1. The van der Waals surface area contributed by atoms with E-state index in [1.807, 2.05) is 24.3 Å². The van der Waals surface area contributed by atoms with E-state index in [1.165, 1.54) is 5.52 Å². The van der Waals surface area contributed by atoms with Gasteiger partial charge in [-0.25, -0.2) is 4.98 Å². The van der Waals surface area contributed by atoms with Crippen molar-refractivity contribution in [1.29, 1.82) is 0 Å². The van der Waals surface area contributed by atoms with Gasteiger partial charge in [0.1, 0.15) is 18.2 Å². The van der Waals surface area contributed by atoms with Crippen molar-refractivity contribution in [3.05, 3.63) is 59.9 Å². The number of fused-ring (bicyclic) bond motifs is 1. The Bertz CT molecular complexity index is 789. The normalized spacial score (nSPS) is 11.3. The molecule has 3 rings (SSSR count). The van der Waals surface area contributed by atoms with E-state index in [9.17, 15) is 0 Å². The average Bonchev–Trinajstić information content (AvgIpc) is 2.89. The lowest BCUT2D eigenvalue weighted by Gasteiger charge is -2.12. The highest BCUT2D eigenvalue weighted by atomic mass is 16.5. The summed E-state index contributed by atoms with van der Waals surface area (Å²) in [6.07, 6.45) is 1.14. The van der Waals surface area contributed by atoms with Gasteiger partial charge in [0.25, 0.3) is 0 Å². The number of benzene rings is 2. The fourth-order valence-electron chi connectivity index (χ4n) is 2.73. The Labute approximate surface area is 137 Å². The van der Waals surface area contributed by atoms with E-state index < -0.39 is 0 Å². The maximum absolute atomic E-state index is 6.02. The zero-order chi connectivity index (χ0) is 16.2. The van der Waals surface area contributed by atoms with Crippen molar-refractivity contribution in [2.75, 3.05) is 0 Å². The highest BCUT2D eigenvalue weighted by Crippen LogP contribution is 2.21. The quantitative estimate of drug-likeness (QED) is 0.643. The van der Waals surface area contributed by atoms with E-state index >= 15 is 0 Å². The summed E-state index contributed by atoms with van der Waals surface area (Å²) in [6, 6.07) is 16.4. The number of imidazole rings is 1. The minimum Gasteiger partial charge on any atom is -0.485 e. The van der Waals surface area contributed by atoms with Gasteiger partial charge in [-0.15, -0.1) is 0 Å². The SMILES string of the molecule is Cc1ccccc1OCc1nc2ccccc2n1CCC(C)C. The summed E-state index contributed by atoms with van der Waals surface area (Å²) < 4.78 is 8.32. The Hall–Kier alpha value is -2.29. The van der Waals surface area contributed by atoms with Crippen molar-refractivity contribution in [2.45, 2.75) is 40.3 Å². The lowest BCUT2D eigenvalue weighted by molar-refractivity contribution is 0.287. The zero-order valence-electron chi connectivity index (χ0n) is 14.1. The van der Waals surface area contributed by atoms with E-state index in [-0.39, 0.29) is 0 Å². The van der Waals surface area contributed by atoms with Crippen LogP contribution in [0.25, 0.3) is 11.0 Å². The van der Waals surface area contributed by atoms with Crippen LogP contribution in [-0.4, -0.2) is 9.55 Å². The smallest absolute Gasteiger partial charge is 0.147 e. The third kappa shape index (κ3) is 3.55. The van der Waals surface area contributed by atoms with Crippen molar-refractivity contribution < 1.29 is 4.74 Å². The number of aromatic nitrogens is 2. The van der Waals surface area contributed by atoms with Gasteiger partial charge in [0, 0.05) is 6.54 Å². The first-order chi connectivity index (χ1) is 11.1. The van der Waals surface area contributed by atoms with Gasteiger partial charge in [-0.2, -0.15) is 0 Å². The molecule has 3 aromatic rings. The van der Waals surface area contributed by atoms with Crippen LogP contribution in [0, 0.1) is 12.8 Å². The third-order valence-electron chi connectivity index (χ3n) is 4.11. The number of hydrogen-bond donors (Lipinski definition) is 0. The summed E-state index contributed by atoms with van der Waals surface area (Å²) >= 11 is 0. The third-order valence-corrected chi connectivity index (χ3v) is 4.11. The second-order valence-electron chi connectivity index (χ2n) is 6.41. The van der Waals surface area contributed by atoms with Gasteiger partial charge < -0.3 is 9.30 Å². The number of ether oxygens (including phenoxy) is 1. The number of nitrogens with zero attached hydrogens (tertiary/aromatic N) is 2. The number of aryl methyl sites for hydroxylation is 2. The monoisotopic (exact) mass is 308 g/mol. The fourth-order valence-corrected chi connectivity index (χ4v) is 2.73. The molecule has 0 aliphatic carbocycles. The molecule has 1 heterocycles. The van der Waals surface area contributed by atoms with Crippen LogP contribution >= 0.6 is 0 Å². The Morgan fingerprint density at radius 3 is 2.57 bits per heavy atom. The molecule has 0 unspecified atom stereocenters. The Morgan fingerprint density at radius 1 is 1.04 bits per heavy atom. The number of hydrogen-bond acceptors (Lipinski definition) is 2. The summed E-state index contributed by atoms with van der Waals surface area (Å²) in [4.78, 5) is 4.77. The van der Waals surface area contributed by atoms with E-state index in [4.69, 9.17) is 9.72 Å². The van der Waals surface area contributed by atoms with E-state index in [0.29, 0.717) is 12.5 Å². The minimum absolute atomic E-state index is 0.498. The molecule has 1 aromatic heterocycles. The molecule has 0 atom stereocenters. The van der Waals surface area contributed by atoms with Crippen LogP contribution in [0.15, 0.2) is 48.5 Å². The summed E-state index contributed by atoms with van der Waals surface area (Å²) in [5.41, 5.74) is 3.38. The lowest BCUT2D eigenvalue weighted by atomic mass is 10.1. The first-order valence-corrected chi connectivity index (χ1v) is 8.27. The maximum Gasteiger partial charge on any atom is 0.147 e. The molecule has 0 spiro atoms. The molecule has 23 heavy (non-hydrogen) atoms. The van der Waals surface area contributed by atoms with E-state index in [2.05, 4.69) is 49.6 Å². The Kier molecular flexibility index (Phi) is 4.65. The van der Waals surface area contributed by atoms with Crippen LogP contribution in [0.2, 0.25) is 0 Å². The second-order valence-corrected chi connectivity index (χ2v) is 6.41. The van der Waals surface area contributed by atoms with Crippen LogP contribution in [0.3, 0.4) is 0 Å². The van der Waals surface area contributed by atoms with Gasteiger partial charge in [0.2, 0.25) is 0 Å². The molecule has 0 amide bonds. The summed E-state index contributed by atoms with van der Waals surface area (Å²) in [7, 11) is 0. The van der Waals surface area contributed by atoms with Crippen molar-refractivity contribution in [1.82, 2.24) is 9.55 Å². The first-order valence-electron chi connectivity index (χ1n) is 8.27. The molecular formula is C20H24N2O. The molecule has 0 N–H and O–H groups in total. The second kappa shape index (κ2) is 6.86. The average molecular weight is 308 g/mol. The topological polar surface area (TPSA) is 27.1 Å². The minimum atomic E-state index is 0.498. The van der Waals surface area contributed by atoms with Gasteiger partial charge >= 0.3 is 0 Å². The molecule has 2 aromatic carbocycles. The molecule has 0 saturated heterocycles. The molecule has 0 fully saturated rings. The van der Waals surface area contributed by atoms with E-state index in [0.717, 1.165) is 35.6 Å². The molecule has 0 aliphatic heterocycles. The molecule has 0 aliphatic rings. The highest BCUT2D eigenvalue weighted by Gasteiger charge is 2.12. The molecule has 0 saturated carbocycles. The van der Waals surface area contributed by atoms with Gasteiger partial charge in [0.05, 0.1) is 11.0 Å². The van der Waals surface area contributed by atoms with Crippen molar-refractivity contribution >= 4 is 11.0 Å². The Morgan fingerprint density at radius 2 is 1.78 bits per heavy atom. The maximum atomic E-state index is 6.02. The molecular weight excluding hydrogens is 284 g/mol. The molecule has 0 radical (unpaired) electrons. The summed E-state index contributed by atoms with van der Waals surface area (Å²) in [5, 5.41) is 0. The van der Waals surface area contributed by atoms with Gasteiger partial charge in [-0.3, -0.25) is 0 Å². The summed E-state index contributed by atoms with van der Waals surface area (Å²) in [6.45, 7) is 8.05. The Balaban J connectivity index is 1.87. The fraction of sp³-hybridized carbons (Fsp3) is 0.350. The predicted molar refractivity (Wildman–Crippen MR) is 94.7 cm³/mol. The van der Waals surface area contributed by atoms with Crippen LogP contribution in [0.1, 0.15) is 31.7 Å². The highest BCUT2D eigenvalue weighted by molar-refractivity contribution is 5.75. The summed E-state index contributed by atoms with van der Waals surface area (Å²) in [5.74, 6) is 2.59. The van der Waals surface area contributed by atoms with E-state index in [1.54, 1.807) is 0 Å². The number of rotatable bonds is 6. The van der Waals surface area contributed by atoms with Crippen LogP contribution in [0.4, 0.5) is 0 Å². The molecule has 120 valence electrons. The van der Waals surface area contributed by atoms with Gasteiger partial charge in [0.15, 0.2) is 0 Å². The molecule has 3 nitrogen and oxygen atoms in total. The van der Waals surface area contributed by atoms with Crippen molar-refractivity contribution in [2.24, 2.45) is 5.92 Å². The standard InChI is InChI=1S/C20H24N2O/c1-15(2)12-13-22-18-10-6-5-9-17(18)21-20(22)14-23-19-11-7-4-8-16(19)3/h4-11,15H,12-14H2,1-3H3. The van der Waals surface area contributed by atoms with Crippen LogP contribution in [0.5, 0.6) is 5.75 Å². The van der Waals surface area contributed by atoms with Crippen LogP contribution in [-0.2, 0) is 13.2 Å². The number of para-hydroxylation sites is 3. The molecule has 3 heteroatoms. The van der Waals surface area contributed by atoms with Crippen molar-refractivity contribution in [3.63, 3.8) is 0 Å². The van der Waals surface area contributed by atoms with Crippen LogP contribution < -0.4 is 4.74 Å². The van der Waals surface area contributed by atoms with Gasteiger partial charge in [-0.1, -0.05) is 44.2 Å². The van der Waals surface area contributed by atoms with Gasteiger partial charge in [-0.05, 0) is 43.0 Å². The lowest BCUT2D eigenvalue weighted by Crippen LogP contribution is -2.09.